The van der Waals surface area contributed by atoms with Gasteiger partial charge in [0.2, 0.25) is 0 Å². The maximum absolute atomic E-state index is 13.3. The first kappa shape index (κ1) is 15.2. The summed E-state index contributed by atoms with van der Waals surface area (Å²) in [5, 5.41) is 13.6. The van der Waals surface area contributed by atoms with Crippen LogP contribution < -0.4 is 5.32 Å². The number of nitro groups is 1. The van der Waals surface area contributed by atoms with Gasteiger partial charge in [0.1, 0.15) is 17.3 Å². The van der Waals surface area contributed by atoms with Gasteiger partial charge in [-0.2, -0.15) is 0 Å². The molecule has 2 aromatic carbocycles. The summed E-state index contributed by atoms with van der Waals surface area (Å²) in [6.07, 6.45) is 0. The van der Waals surface area contributed by atoms with Gasteiger partial charge in [-0.1, -0.05) is 23.7 Å². The Morgan fingerprint density at radius 3 is 2.62 bits per heavy atom. The number of anilines is 1. The Morgan fingerprint density at radius 1 is 1.29 bits per heavy atom. The van der Waals surface area contributed by atoms with E-state index in [1.165, 1.54) is 18.2 Å². The highest BCUT2D eigenvalue weighted by molar-refractivity contribution is 6.31. The molecule has 0 heterocycles. The second-order valence-electron chi connectivity index (χ2n) is 4.46. The minimum atomic E-state index is -0.868. The Hall–Kier alpha value is -2.21. The van der Waals surface area contributed by atoms with Gasteiger partial charge in [-0.3, -0.25) is 10.1 Å². The van der Waals surface area contributed by atoms with Crippen molar-refractivity contribution in [3.05, 3.63) is 68.7 Å². The van der Waals surface area contributed by atoms with Crippen LogP contribution >= 0.6 is 11.6 Å². The molecule has 0 spiro atoms. The van der Waals surface area contributed by atoms with Crippen molar-refractivity contribution in [1.82, 2.24) is 0 Å². The molecule has 0 aliphatic carbocycles. The normalized spacial score (nSPS) is 12.0. The average molecular weight is 313 g/mol. The summed E-state index contributed by atoms with van der Waals surface area (Å²) >= 11 is 5.65. The predicted octanol–water partition coefficient (Wildman–Crippen LogP) is 4.70. The molecular weight excluding hydrogens is 302 g/mol. The van der Waals surface area contributed by atoms with Crippen LogP contribution in [0.5, 0.6) is 0 Å². The third-order valence-electron chi connectivity index (χ3n) is 2.96. The number of rotatable bonds is 4. The lowest BCUT2D eigenvalue weighted by Gasteiger charge is -2.16. The Bertz CT molecular complexity index is 695. The molecule has 0 aromatic heterocycles. The fourth-order valence-electron chi connectivity index (χ4n) is 1.90. The Morgan fingerprint density at radius 2 is 2.00 bits per heavy atom. The van der Waals surface area contributed by atoms with E-state index in [9.17, 15) is 18.9 Å². The van der Waals surface area contributed by atoms with Crippen LogP contribution in [0, 0.1) is 21.7 Å². The first-order valence-corrected chi connectivity index (χ1v) is 6.41. The third kappa shape index (κ3) is 3.46. The van der Waals surface area contributed by atoms with Gasteiger partial charge in [0.25, 0.3) is 5.69 Å². The molecule has 21 heavy (non-hydrogen) atoms. The Kier molecular flexibility index (Phi) is 4.37. The fraction of sp³-hybridized carbons (Fsp3) is 0.143. The van der Waals surface area contributed by atoms with Crippen molar-refractivity contribution in [2.75, 3.05) is 5.32 Å². The minimum absolute atomic E-state index is 0.0724. The quantitative estimate of drug-likeness (QED) is 0.657. The monoisotopic (exact) mass is 312 g/mol. The van der Waals surface area contributed by atoms with E-state index >= 15 is 0 Å². The molecule has 0 aliphatic rings. The SMILES string of the molecule is CC(Nc1cc(Cl)c(F)cc1[N+](=O)[O-])c1cccc(F)c1. The average Bonchev–Trinajstić information content (AvgIpc) is 2.42. The topological polar surface area (TPSA) is 55.2 Å². The van der Waals surface area contributed by atoms with E-state index in [0.717, 1.165) is 12.1 Å². The zero-order chi connectivity index (χ0) is 15.6. The van der Waals surface area contributed by atoms with E-state index < -0.39 is 28.3 Å². The van der Waals surface area contributed by atoms with Crippen LogP contribution in [0.1, 0.15) is 18.5 Å². The van der Waals surface area contributed by atoms with Crippen LogP contribution in [0.3, 0.4) is 0 Å². The van der Waals surface area contributed by atoms with Crippen LogP contribution in [-0.2, 0) is 0 Å². The maximum atomic E-state index is 13.3. The van der Waals surface area contributed by atoms with Gasteiger partial charge in [0.05, 0.1) is 16.0 Å². The molecule has 0 saturated heterocycles. The van der Waals surface area contributed by atoms with Crippen molar-refractivity contribution in [1.29, 1.82) is 0 Å². The van der Waals surface area contributed by atoms with Gasteiger partial charge in [0.15, 0.2) is 0 Å². The smallest absolute Gasteiger partial charge is 0.295 e. The summed E-state index contributed by atoms with van der Waals surface area (Å²) in [6, 6.07) is 7.31. The van der Waals surface area contributed by atoms with E-state index in [1.54, 1.807) is 13.0 Å². The lowest BCUT2D eigenvalue weighted by molar-refractivity contribution is -0.384. The number of nitrogens with zero attached hydrogens (tertiary/aromatic N) is 1. The first-order chi connectivity index (χ1) is 9.88. The summed E-state index contributed by atoms with van der Waals surface area (Å²) in [5.74, 6) is -1.28. The summed E-state index contributed by atoms with van der Waals surface area (Å²) in [6.45, 7) is 1.70. The molecular formula is C14H11ClF2N2O2. The molecule has 0 fully saturated rings. The van der Waals surface area contributed by atoms with E-state index in [-0.39, 0.29) is 10.7 Å². The van der Waals surface area contributed by atoms with Crippen molar-refractivity contribution in [2.45, 2.75) is 13.0 Å². The van der Waals surface area contributed by atoms with Crippen LogP contribution in [0.2, 0.25) is 5.02 Å². The number of hydrogen-bond acceptors (Lipinski definition) is 3. The van der Waals surface area contributed by atoms with Gasteiger partial charge < -0.3 is 5.32 Å². The largest absolute Gasteiger partial charge is 0.373 e. The predicted molar refractivity (Wildman–Crippen MR) is 76.5 cm³/mol. The number of hydrogen-bond donors (Lipinski definition) is 1. The van der Waals surface area contributed by atoms with Crippen LogP contribution in [-0.4, -0.2) is 4.92 Å². The van der Waals surface area contributed by atoms with E-state index in [4.69, 9.17) is 11.6 Å². The van der Waals surface area contributed by atoms with Crippen LogP contribution in [0.15, 0.2) is 36.4 Å². The molecule has 2 rings (SSSR count). The van der Waals surface area contributed by atoms with Crippen molar-refractivity contribution in [2.24, 2.45) is 0 Å². The highest BCUT2D eigenvalue weighted by Gasteiger charge is 2.19. The number of benzene rings is 2. The lowest BCUT2D eigenvalue weighted by atomic mass is 10.1. The van der Waals surface area contributed by atoms with Gasteiger partial charge in [-0.05, 0) is 30.7 Å². The molecule has 7 heteroatoms. The molecule has 1 N–H and O–H groups in total. The number of nitrogens with one attached hydrogen (secondary N) is 1. The van der Waals surface area contributed by atoms with Crippen molar-refractivity contribution in [3.8, 4) is 0 Å². The summed E-state index contributed by atoms with van der Waals surface area (Å²) in [7, 11) is 0. The first-order valence-electron chi connectivity index (χ1n) is 6.04. The molecule has 2 aromatic rings. The van der Waals surface area contributed by atoms with E-state index in [0.29, 0.717) is 5.56 Å². The fourth-order valence-corrected chi connectivity index (χ4v) is 2.06. The summed E-state index contributed by atoms with van der Waals surface area (Å²) in [5.41, 5.74) is 0.244. The van der Waals surface area contributed by atoms with Gasteiger partial charge in [0, 0.05) is 6.04 Å². The van der Waals surface area contributed by atoms with E-state index in [2.05, 4.69) is 5.32 Å². The lowest BCUT2D eigenvalue weighted by Crippen LogP contribution is -2.09. The molecule has 1 unspecified atom stereocenters. The van der Waals surface area contributed by atoms with Gasteiger partial charge in [-0.25, -0.2) is 8.78 Å². The second-order valence-corrected chi connectivity index (χ2v) is 4.87. The van der Waals surface area contributed by atoms with Crippen LogP contribution in [0.4, 0.5) is 20.2 Å². The van der Waals surface area contributed by atoms with Gasteiger partial charge >= 0.3 is 0 Å². The van der Waals surface area contributed by atoms with Crippen molar-refractivity contribution >= 4 is 23.0 Å². The zero-order valence-corrected chi connectivity index (χ0v) is 11.7. The van der Waals surface area contributed by atoms with Crippen molar-refractivity contribution < 1.29 is 13.7 Å². The Labute approximate surface area is 124 Å². The van der Waals surface area contributed by atoms with Gasteiger partial charge in [-0.15, -0.1) is 0 Å². The molecule has 0 bridgehead atoms. The summed E-state index contributed by atoms with van der Waals surface area (Å²) < 4.78 is 26.5. The highest BCUT2D eigenvalue weighted by atomic mass is 35.5. The van der Waals surface area contributed by atoms with E-state index in [1.807, 2.05) is 0 Å². The maximum Gasteiger partial charge on any atom is 0.295 e. The molecule has 0 amide bonds. The minimum Gasteiger partial charge on any atom is -0.373 e. The molecule has 0 aliphatic heterocycles. The van der Waals surface area contributed by atoms with Crippen molar-refractivity contribution in [3.63, 3.8) is 0 Å². The molecule has 0 radical (unpaired) electrons. The number of halogens is 3. The number of nitro benzene ring substituents is 1. The second kappa shape index (κ2) is 6.05. The summed E-state index contributed by atoms with van der Waals surface area (Å²) in [4.78, 5) is 10.2. The third-order valence-corrected chi connectivity index (χ3v) is 3.25. The highest BCUT2D eigenvalue weighted by Crippen LogP contribution is 2.32. The molecule has 1 atom stereocenters. The molecule has 4 nitrogen and oxygen atoms in total. The molecule has 110 valence electrons. The van der Waals surface area contributed by atoms with Crippen LogP contribution in [0.25, 0.3) is 0 Å². The Balaban J connectivity index is 2.34. The standard InChI is InChI=1S/C14H11ClF2N2O2/c1-8(9-3-2-4-10(16)5-9)18-13-6-11(15)12(17)7-14(13)19(20)21/h2-8,18H,1H3. The zero-order valence-electron chi connectivity index (χ0n) is 10.9. The molecule has 0 saturated carbocycles.